The summed E-state index contributed by atoms with van der Waals surface area (Å²) in [6.07, 6.45) is 20.1. The smallest absolute Gasteiger partial charge is 0.306 e. The number of hydrogen-bond donors (Lipinski definition) is 1. The van der Waals surface area contributed by atoms with Gasteiger partial charge in [0.25, 0.3) is 0 Å². The summed E-state index contributed by atoms with van der Waals surface area (Å²) in [5, 5.41) is 2.64. The number of amides is 1. The first-order chi connectivity index (χ1) is 17.1. The van der Waals surface area contributed by atoms with Crippen molar-refractivity contribution in [2.45, 2.75) is 149 Å². The average Bonchev–Trinajstić information content (AvgIpc) is 2.85. The quantitative estimate of drug-likeness (QED) is 0.0771. The summed E-state index contributed by atoms with van der Waals surface area (Å²) in [5.41, 5.74) is 0. The van der Waals surface area contributed by atoms with Gasteiger partial charge >= 0.3 is 11.9 Å². The fraction of sp³-hybridized carbons (Fsp3) is 0.897. The van der Waals surface area contributed by atoms with Crippen molar-refractivity contribution in [3.8, 4) is 0 Å². The molecule has 1 amide bonds. The number of carbonyl (C=O) groups excluding carboxylic acids is 3. The van der Waals surface area contributed by atoms with Crippen LogP contribution in [0.3, 0.4) is 0 Å². The number of carbonyl (C=O) groups is 3. The summed E-state index contributed by atoms with van der Waals surface area (Å²) >= 11 is 0. The molecule has 206 valence electrons. The number of esters is 2. The second-order valence-electron chi connectivity index (χ2n) is 9.90. The van der Waals surface area contributed by atoms with Crippen molar-refractivity contribution in [2.24, 2.45) is 5.92 Å². The summed E-state index contributed by atoms with van der Waals surface area (Å²) in [4.78, 5) is 34.8. The maximum Gasteiger partial charge on any atom is 0.306 e. The summed E-state index contributed by atoms with van der Waals surface area (Å²) < 4.78 is 11.2. The van der Waals surface area contributed by atoms with Gasteiger partial charge in [-0.3, -0.25) is 14.4 Å². The zero-order chi connectivity index (χ0) is 26.0. The Morgan fingerprint density at radius 1 is 0.714 bits per heavy atom. The molecule has 0 heterocycles. The Hall–Kier alpha value is -1.59. The first-order valence-corrected chi connectivity index (χ1v) is 14.6. The van der Waals surface area contributed by atoms with Gasteiger partial charge in [0, 0.05) is 19.4 Å². The van der Waals surface area contributed by atoms with E-state index >= 15 is 0 Å². The van der Waals surface area contributed by atoms with E-state index in [1.54, 1.807) is 0 Å². The molecule has 0 saturated carbocycles. The van der Waals surface area contributed by atoms with Crippen LogP contribution < -0.4 is 5.32 Å². The zero-order valence-electron chi connectivity index (χ0n) is 23.1. The van der Waals surface area contributed by atoms with E-state index in [1.807, 2.05) is 6.92 Å². The number of ether oxygens (including phenoxy) is 2. The fourth-order valence-electron chi connectivity index (χ4n) is 4.22. The minimum absolute atomic E-state index is 0.0112. The lowest BCUT2D eigenvalue weighted by molar-refractivity contribution is -0.150. The maximum absolute atomic E-state index is 12.4. The second-order valence-corrected chi connectivity index (χ2v) is 9.90. The average molecular weight is 498 g/mol. The van der Waals surface area contributed by atoms with E-state index in [2.05, 4.69) is 19.2 Å². The summed E-state index contributed by atoms with van der Waals surface area (Å²) in [5.74, 6) is -0.220. The predicted molar refractivity (Wildman–Crippen MR) is 143 cm³/mol. The highest BCUT2D eigenvalue weighted by atomic mass is 16.5. The molecule has 1 atom stereocenters. The van der Waals surface area contributed by atoms with Crippen molar-refractivity contribution in [1.29, 1.82) is 0 Å². The van der Waals surface area contributed by atoms with Gasteiger partial charge in [0.15, 0.2) is 0 Å². The Labute approximate surface area is 215 Å². The van der Waals surface area contributed by atoms with Crippen LogP contribution in [0.1, 0.15) is 143 Å². The highest BCUT2D eigenvalue weighted by Crippen LogP contribution is 2.18. The van der Waals surface area contributed by atoms with E-state index in [-0.39, 0.29) is 36.8 Å². The van der Waals surface area contributed by atoms with E-state index in [0.717, 1.165) is 38.5 Å². The Bertz CT molecular complexity index is 495. The lowest BCUT2D eigenvalue weighted by Crippen LogP contribution is -2.20. The number of hydrogen-bond acceptors (Lipinski definition) is 5. The van der Waals surface area contributed by atoms with Crippen LogP contribution in [0.2, 0.25) is 0 Å². The van der Waals surface area contributed by atoms with Crippen LogP contribution in [0.4, 0.5) is 0 Å². The predicted octanol–water partition coefficient (Wildman–Crippen LogP) is 7.28. The van der Waals surface area contributed by atoms with E-state index in [9.17, 15) is 14.4 Å². The van der Waals surface area contributed by atoms with E-state index in [1.165, 1.54) is 64.2 Å². The van der Waals surface area contributed by atoms with Gasteiger partial charge in [0.2, 0.25) is 6.41 Å². The van der Waals surface area contributed by atoms with Crippen LogP contribution in [0.15, 0.2) is 0 Å². The minimum Gasteiger partial charge on any atom is -0.465 e. The Kier molecular flexibility index (Phi) is 24.3. The summed E-state index contributed by atoms with van der Waals surface area (Å²) in [7, 11) is 0. The highest BCUT2D eigenvalue weighted by molar-refractivity contribution is 5.72. The molecule has 0 spiro atoms. The normalized spacial score (nSPS) is 11.9. The number of unbranched alkanes of at least 4 members (excludes halogenated alkanes) is 10. The van der Waals surface area contributed by atoms with Crippen molar-refractivity contribution in [1.82, 2.24) is 5.32 Å². The minimum atomic E-state index is -0.268. The highest BCUT2D eigenvalue weighted by Gasteiger charge is 2.16. The van der Waals surface area contributed by atoms with Gasteiger partial charge in [0.1, 0.15) is 6.10 Å². The molecule has 6 heteroatoms. The van der Waals surface area contributed by atoms with Gasteiger partial charge in [-0.2, -0.15) is 0 Å². The molecule has 1 unspecified atom stereocenters. The van der Waals surface area contributed by atoms with Crippen LogP contribution in [0.5, 0.6) is 0 Å². The molecule has 6 nitrogen and oxygen atoms in total. The lowest BCUT2D eigenvalue weighted by atomic mass is 10.0. The first kappa shape index (κ1) is 33.4. The number of rotatable bonds is 26. The third-order valence-electron chi connectivity index (χ3n) is 6.66. The maximum atomic E-state index is 12.4. The topological polar surface area (TPSA) is 81.7 Å². The van der Waals surface area contributed by atoms with E-state index in [0.29, 0.717) is 26.0 Å². The molecule has 0 radical (unpaired) electrons. The van der Waals surface area contributed by atoms with Crippen LogP contribution in [0, 0.1) is 5.92 Å². The summed E-state index contributed by atoms with van der Waals surface area (Å²) in [6.45, 7) is 7.45. The Morgan fingerprint density at radius 3 is 1.80 bits per heavy atom. The van der Waals surface area contributed by atoms with Gasteiger partial charge in [-0.1, -0.05) is 85.0 Å². The monoisotopic (exact) mass is 497 g/mol. The molecule has 1 N–H and O–H groups in total. The molecular formula is C29H55NO5. The van der Waals surface area contributed by atoms with Crippen molar-refractivity contribution < 1.29 is 23.9 Å². The van der Waals surface area contributed by atoms with Crippen molar-refractivity contribution >= 4 is 18.3 Å². The lowest BCUT2D eigenvalue weighted by Gasteiger charge is -2.18. The molecule has 0 aromatic rings. The molecule has 35 heavy (non-hydrogen) atoms. The molecular weight excluding hydrogens is 442 g/mol. The molecule has 0 aromatic carbocycles. The van der Waals surface area contributed by atoms with Gasteiger partial charge in [0.05, 0.1) is 6.61 Å². The van der Waals surface area contributed by atoms with Crippen LogP contribution in [0.25, 0.3) is 0 Å². The van der Waals surface area contributed by atoms with Crippen LogP contribution in [-0.4, -0.2) is 37.6 Å². The molecule has 0 aromatic heterocycles. The standard InChI is InChI=1S/C29H55NO5/c1-4-7-9-11-13-15-18-27(19-16-14-12-10-8-5-2)35-29(33)21-17-20-28(32)34-24-26(6-3)22-23-30-25-31/h25-27H,4-24H2,1-3H3,(H,30,31). The molecule has 0 bridgehead atoms. The van der Waals surface area contributed by atoms with Crippen LogP contribution >= 0.6 is 0 Å². The molecule has 0 aliphatic rings. The third kappa shape index (κ3) is 22.6. The first-order valence-electron chi connectivity index (χ1n) is 14.6. The Balaban J connectivity index is 4.22. The summed E-state index contributed by atoms with van der Waals surface area (Å²) in [6, 6.07) is 0. The fourth-order valence-corrected chi connectivity index (χ4v) is 4.22. The molecule has 0 aliphatic heterocycles. The van der Waals surface area contributed by atoms with Crippen molar-refractivity contribution in [2.75, 3.05) is 13.2 Å². The van der Waals surface area contributed by atoms with Crippen molar-refractivity contribution in [3.05, 3.63) is 0 Å². The van der Waals surface area contributed by atoms with Gasteiger partial charge in [-0.25, -0.2) is 0 Å². The molecule has 0 saturated heterocycles. The number of nitrogens with one attached hydrogen (secondary N) is 1. The third-order valence-corrected chi connectivity index (χ3v) is 6.66. The largest absolute Gasteiger partial charge is 0.465 e. The Morgan fingerprint density at radius 2 is 1.26 bits per heavy atom. The van der Waals surface area contributed by atoms with E-state index in [4.69, 9.17) is 9.47 Å². The van der Waals surface area contributed by atoms with Gasteiger partial charge in [-0.15, -0.1) is 0 Å². The molecule has 0 fully saturated rings. The zero-order valence-corrected chi connectivity index (χ0v) is 23.1. The van der Waals surface area contributed by atoms with Crippen LogP contribution in [-0.2, 0) is 23.9 Å². The second kappa shape index (κ2) is 25.5. The SMILES string of the molecule is CCCCCCCCC(CCCCCCCC)OC(=O)CCCC(=O)OCC(CC)CCNC=O. The van der Waals surface area contributed by atoms with Gasteiger partial charge < -0.3 is 14.8 Å². The van der Waals surface area contributed by atoms with Gasteiger partial charge in [-0.05, 0) is 50.9 Å². The van der Waals surface area contributed by atoms with Crippen molar-refractivity contribution in [3.63, 3.8) is 0 Å². The molecule has 0 rings (SSSR count). The van der Waals surface area contributed by atoms with E-state index < -0.39 is 0 Å². The molecule has 0 aliphatic carbocycles.